The van der Waals surface area contributed by atoms with E-state index in [1.165, 1.54) is 12.8 Å². The summed E-state index contributed by atoms with van der Waals surface area (Å²) in [5.41, 5.74) is 0. The van der Waals surface area contributed by atoms with Gasteiger partial charge in [-0.15, -0.1) is 0 Å². The van der Waals surface area contributed by atoms with Crippen LogP contribution in [0.4, 0.5) is 0 Å². The Bertz CT molecular complexity index is 279. The Balaban J connectivity index is 1.66. The Morgan fingerprint density at radius 1 is 1.44 bits per heavy atom. The zero-order valence-corrected chi connectivity index (χ0v) is 11.7. The lowest BCUT2D eigenvalue weighted by Gasteiger charge is -2.23. The van der Waals surface area contributed by atoms with Crippen LogP contribution in [0.5, 0.6) is 0 Å². The van der Waals surface area contributed by atoms with E-state index in [4.69, 9.17) is 4.74 Å². The molecule has 1 aliphatic heterocycles. The summed E-state index contributed by atoms with van der Waals surface area (Å²) >= 11 is 0. The summed E-state index contributed by atoms with van der Waals surface area (Å²) in [5, 5.41) is 3.36. The predicted octanol–water partition coefficient (Wildman–Crippen LogP) is 1.75. The number of carbonyl (C=O) groups is 1. The van der Waals surface area contributed by atoms with Crippen LogP contribution in [0, 0.1) is 5.92 Å². The highest BCUT2D eigenvalue weighted by molar-refractivity contribution is 5.83. The minimum Gasteiger partial charge on any atom is -0.381 e. The van der Waals surface area contributed by atoms with E-state index in [1.807, 2.05) is 11.8 Å². The fraction of sp³-hybridized carbons (Fsp3) is 0.929. The van der Waals surface area contributed by atoms with E-state index < -0.39 is 0 Å². The monoisotopic (exact) mass is 254 g/mol. The van der Waals surface area contributed by atoms with Gasteiger partial charge < -0.3 is 9.64 Å². The third-order valence-electron chi connectivity index (χ3n) is 3.77. The molecule has 2 rings (SSSR count). The van der Waals surface area contributed by atoms with E-state index in [1.54, 1.807) is 0 Å². The number of carbonyl (C=O) groups excluding carboxylic acids is 1. The highest BCUT2D eigenvalue weighted by Gasteiger charge is 2.34. The van der Waals surface area contributed by atoms with Gasteiger partial charge in [0.05, 0.1) is 12.2 Å². The van der Waals surface area contributed by atoms with Crippen molar-refractivity contribution in [1.82, 2.24) is 10.2 Å². The van der Waals surface area contributed by atoms with Gasteiger partial charge in [-0.1, -0.05) is 13.3 Å². The zero-order chi connectivity index (χ0) is 13.0. The summed E-state index contributed by atoms with van der Waals surface area (Å²) in [6.07, 6.45) is 6.01. The first-order chi connectivity index (χ1) is 8.72. The van der Waals surface area contributed by atoms with Crippen molar-refractivity contribution in [3.05, 3.63) is 0 Å². The average Bonchev–Trinajstić information content (AvgIpc) is 3.12. The molecule has 1 N–H and O–H groups in total. The molecule has 2 unspecified atom stereocenters. The lowest BCUT2D eigenvalue weighted by atomic mass is 10.2. The molecule has 2 atom stereocenters. The quantitative estimate of drug-likeness (QED) is 0.671. The zero-order valence-electron chi connectivity index (χ0n) is 11.7. The number of hydrogen-bond acceptors (Lipinski definition) is 3. The van der Waals surface area contributed by atoms with Crippen molar-refractivity contribution in [1.29, 1.82) is 0 Å². The van der Waals surface area contributed by atoms with Gasteiger partial charge >= 0.3 is 0 Å². The number of rotatable bonds is 8. The van der Waals surface area contributed by atoms with Gasteiger partial charge in [0, 0.05) is 19.8 Å². The second-order valence-electron chi connectivity index (χ2n) is 5.60. The third kappa shape index (κ3) is 3.69. The first kappa shape index (κ1) is 13.8. The van der Waals surface area contributed by atoms with Crippen molar-refractivity contribution in [2.45, 2.75) is 58.2 Å². The summed E-state index contributed by atoms with van der Waals surface area (Å²) in [7, 11) is 0. The maximum Gasteiger partial charge on any atom is 0.240 e. The Kier molecular flexibility index (Phi) is 5.01. The SMILES string of the molecule is CCCC1NC(C)C(=O)N1CCCOCC1CC1. The standard InChI is InChI=1S/C14H26N2O2/c1-3-5-13-15-11(2)14(17)16(13)8-4-9-18-10-12-6-7-12/h11-13,15H,3-10H2,1-2H3. The topological polar surface area (TPSA) is 41.6 Å². The lowest BCUT2D eigenvalue weighted by molar-refractivity contribution is -0.130. The molecule has 1 saturated heterocycles. The van der Waals surface area contributed by atoms with Crippen molar-refractivity contribution in [2.75, 3.05) is 19.8 Å². The highest BCUT2D eigenvalue weighted by Crippen LogP contribution is 2.28. The largest absolute Gasteiger partial charge is 0.381 e. The average molecular weight is 254 g/mol. The third-order valence-corrected chi connectivity index (χ3v) is 3.77. The molecule has 0 aromatic carbocycles. The molecule has 2 fully saturated rings. The van der Waals surface area contributed by atoms with E-state index in [0.717, 1.165) is 44.9 Å². The van der Waals surface area contributed by atoms with Gasteiger partial charge in [-0.2, -0.15) is 0 Å². The normalized spacial score (nSPS) is 28.1. The van der Waals surface area contributed by atoms with Crippen molar-refractivity contribution in [3.63, 3.8) is 0 Å². The van der Waals surface area contributed by atoms with Crippen LogP contribution in [-0.2, 0) is 9.53 Å². The van der Waals surface area contributed by atoms with Gasteiger partial charge in [0.15, 0.2) is 0 Å². The van der Waals surface area contributed by atoms with Crippen LogP contribution in [0.3, 0.4) is 0 Å². The molecule has 0 spiro atoms. The smallest absolute Gasteiger partial charge is 0.240 e. The van der Waals surface area contributed by atoms with E-state index in [-0.39, 0.29) is 18.1 Å². The molecule has 1 saturated carbocycles. The van der Waals surface area contributed by atoms with Crippen molar-refractivity contribution in [2.24, 2.45) is 5.92 Å². The number of hydrogen-bond donors (Lipinski definition) is 1. The van der Waals surface area contributed by atoms with Crippen LogP contribution in [-0.4, -0.2) is 42.8 Å². The number of nitrogens with one attached hydrogen (secondary N) is 1. The van der Waals surface area contributed by atoms with Crippen LogP contribution in [0.1, 0.15) is 46.0 Å². The Labute approximate surface area is 110 Å². The first-order valence-corrected chi connectivity index (χ1v) is 7.36. The summed E-state index contributed by atoms with van der Waals surface area (Å²) in [6.45, 7) is 6.64. The van der Waals surface area contributed by atoms with Crippen LogP contribution in [0.15, 0.2) is 0 Å². The summed E-state index contributed by atoms with van der Waals surface area (Å²) in [5.74, 6) is 1.07. The molecule has 1 amide bonds. The molecular weight excluding hydrogens is 228 g/mol. The fourth-order valence-electron chi connectivity index (χ4n) is 2.50. The Morgan fingerprint density at radius 3 is 2.89 bits per heavy atom. The van der Waals surface area contributed by atoms with E-state index in [0.29, 0.717) is 0 Å². The van der Waals surface area contributed by atoms with Crippen molar-refractivity contribution < 1.29 is 9.53 Å². The molecule has 0 radical (unpaired) electrons. The van der Waals surface area contributed by atoms with Gasteiger partial charge in [-0.05, 0) is 38.5 Å². The molecule has 0 aromatic heterocycles. The molecule has 104 valence electrons. The molecule has 4 nitrogen and oxygen atoms in total. The van der Waals surface area contributed by atoms with Crippen molar-refractivity contribution >= 4 is 5.91 Å². The Hall–Kier alpha value is -0.610. The maximum atomic E-state index is 12.0. The van der Waals surface area contributed by atoms with Crippen LogP contribution >= 0.6 is 0 Å². The second kappa shape index (κ2) is 6.53. The van der Waals surface area contributed by atoms with Crippen molar-refractivity contribution in [3.8, 4) is 0 Å². The number of amides is 1. The van der Waals surface area contributed by atoms with Gasteiger partial charge in [-0.3, -0.25) is 10.1 Å². The maximum absolute atomic E-state index is 12.0. The predicted molar refractivity (Wildman–Crippen MR) is 71.2 cm³/mol. The molecule has 0 aromatic rings. The molecule has 4 heteroatoms. The molecule has 0 bridgehead atoms. The van der Waals surface area contributed by atoms with E-state index >= 15 is 0 Å². The molecule has 1 heterocycles. The van der Waals surface area contributed by atoms with Gasteiger partial charge in [0.1, 0.15) is 0 Å². The second-order valence-corrected chi connectivity index (χ2v) is 5.60. The Morgan fingerprint density at radius 2 is 2.22 bits per heavy atom. The minimum atomic E-state index is -0.0195. The first-order valence-electron chi connectivity index (χ1n) is 7.36. The van der Waals surface area contributed by atoms with Crippen LogP contribution < -0.4 is 5.32 Å². The molecule has 18 heavy (non-hydrogen) atoms. The molecular formula is C14H26N2O2. The van der Waals surface area contributed by atoms with Gasteiger partial charge in [0.2, 0.25) is 5.91 Å². The lowest BCUT2D eigenvalue weighted by Crippen LogP contribution is -2.38. The highest BCUT2D eigenvalue weighted by atomic mass is 16.5. The molecule has 2 aliphatic rings. The summed E-state index contributed by atoms with van der Waals surface area (Å²) in [6, 6.07) is -0.0195. The number of nitrogens with zero attached hydrogens (tertiary/aromatic N) is 1. The summed E-state index contributed by atoms with van der Waals surface area (Å²) < 4.78 is 5.62. The van der Waals surface area contributed by atoms with Crippen LogP contribution in [0.25, 0.3) is 0 Å². The molecule has 1 aliphatic carbocycles. The summed E-state index contributed by atoms with van der Waals surface area (Å²) in [4.78, 5) is 14.0. The van der Waals surface area contributed by atoms with E-state index in [2.05, 4.69) is 12.2 Å². The van der Waals surface area contributed by atoms with Gasteiger partial charge in [0.25, 0.3) is 0 Å². The minimum absolute atomic E-state index is 0.0195. The fourth-order valence-corrected chi connectivity index (χ4v) is 2.50. The van der Waals surface area contributed by atoms with Gasteiger partial charge in [-0.25, -0.2) is 0 Å². The number of ether oxygens (including phenoxy) is 1. The van der Waals surface area contributed by atoms with Crippen LogP contribution in [0.2, 0.25) is 0 Å². The van der Waals surface area contributed by atoms with E-state index in [9.17, 15) is 4.79 Å².